The molecule has 1 fully saturated rings. The molecule has 0 aliphatic carbocycles. The fourth-order valence-electron chi connectivity index (χ4n) is 2.00. The molecule has 2 rings (SSSR count). The Balaban J connectivity index is 2.14. The summed E-state index contributed by atoms with van der Waals surface area (Å²) >= 11 is 0. The van der Waals surface area contributed by atoms with Crippen molar-refractivity contribution in [3.8, 4) is 0 Å². The first kappa shape index (κ1) is 14.4. The Bertz CT molecular complexity index is 532. The summed E-state index contributed by atoms with van der Waals surface area (Å²) in [6.07, 6.45) is 0. The number of nitrogens with zero attached hydrogens (tertiary/aromatic N) is 3. The fraction of sp³-hybridized carbons (Fsp3) is 0.700. The molecule has 0 aromatic carbocycles. The van der Waals surface area contributed by atoms with E-state index in [1.165, 1.54) is 0 Å². The topological polar surface area (TPSA) is 107 Å². The number of aryl methyl sites for hydroxylation is 1. The average molecular weight is 288 g/mol. The SMILES string of the molecule is Cc1[nH]nc(S(=O)(=O)NN2CCN(C)CC2)c1CN. The summed E-state index contributed by atoms with van der Waals surface area (Å²) in [6, 6.07) is 0. The van der Waals surface area contributed by atoms with Crippen molar-refractivity contribution < 1.29 is 8.42 Å². The Hall–Kier alpha value is -1.00. The summed E-state index contributed by atoms with van der Waals surface area (Å²) < 4.78 is 24.5. The molecule has 1 aliphatic heterocycles. The van der Waals surface area contributed by atoms with Gasteiger partial charge in [-0.3, -0.25) is 5.10 Å². The molecule has 1 aromatic rings. The lowest BCUT2D eigenvalue weighted by atomic mass is 10.3. The molecule has 0 atom stereocenters. The first-order chi connectivity index (χ1) is 8.94. The van der Waals surface area contributed by atoms with Gasteiger partial charge in [0.15, 0.2) is 5.03 Å². The third kappa shape index (κ3) is 3.12. The minimum Gasteiger partial charge on any atom is -0.326 e. The van der Waals surface area contributed by atoms with Gasteiger partial charge in [-0.15, -0.1) is 4.83 Å². The van der Waals surface area contributed by atoms with Gasteiger partial charge in [-0.1, -0.05) is 0 Å². The van der Waals surface area contributed by atoms with Gasteiger partial charge in [0.25, 0.3) is 10.0 Å². The maximum Gasteiger partial charge on any atom is 0.273 e. The molecule has 1 aromatic heterocycles. The molecule has 0 radical (unpaired) electrons. The molecule has 0 unspecified atom stereocenters. The molecule has 0 amide bonds. The van der Waals surface area contributed by atoms with Gasteiger partial charge >= 0.3 is 0 Å². The molecule has 108 valence electrons. The van der Waals surface area contributed by atoms with Crippen LogP contribution < -0.4 is 10.6 Å². The number of nitrogens with two attached hydrogens (primary N) is 1. The number of hydrogen-bond acceptors (Lipinski definition) is 6. The number of likely N-dealkylation sites (N-methyl/N-ethyl adjacent to an activating group) is 1. The zero-order valence-electron chi connectivity index (χ0n) is 11.2. The Morgan fingerprint density at radius 3 is 2.58 bits per heavy atom. The second kappa shape index (κ2) is 5.55. The number of rotatable bonds is 4. The van der Waals surface area contributed by atoms with Crippen molar-refractivity contribution in [1.29, 1.82) is 0 Å². The Labute approximate surface area is 113 Å². The Morgan fingerprint density at radius 2 is 2.00 bits per heavy atom. The zero-order chi connectivity index (χ0) is 14.0. The van der Waals surface area contributed by atoms with Crippen molar-refractivity contribution >= 4 is 10.0 Å². The zero-order valence-corrected chi connectivity index (χ0v) is 12.0. The monoisotopic (exact) mass is 288 g/mol. The summed E-state index contributed by atoms with van der Waals surface area (Å²) in [5.41, 5.74) is 6.78. The van der Waals surface area contributed by atoms with E-state index in [9.17, 15) is 8.42 Å². The number of nitrogens with one attached hydrogen (secondary N) is 2. The van der Waals surface area contributed by atoms with E-state index in [2.05, 4.69) is 19.9 Å². The second-order valence-electron chi connectivity index (χ2n) is 4.72. The maximum absolute atomic E-state index is 12.3. The minimum atomic E-state index is -3.66. The van der Waals surface area contributed by atoms with Crippen LogP contribution in [-0.4, -0.2) is 61.8 Å². The van der Waals surface area contributed by atoms with Crippen molar-refractivity contribution in [2.45, 2.75) is 18.5 Å². The van der Waals surface area contributed by atoms with Gasteiger partial charge in [0, 0.05) is 44.0 Å². The third-order valence-electron chi connectivity index (χ3n) is 3.25. The quantitative estimate of drug-likeness (QED) is 0.630. The van der Waals surface area contributed by atoms with Crippen LogP contribution in [0.5, 0.6) is 0 Å². The lowest BCUT2D eigenvalue weighted by molar-refractivity contribution is 0.134. The van der Waals surface area contributed by atoms with Crippen molar-refractivity contribution in [3.05, 3.63) is 11.3 Å². The largest absolute Gasteiger partial charge is 0.326 e. The van der Waals surface area contributed by atoms with Crippen LogP contribution in [0.15, 0.2) is 5.03 Å². The summed E-state index contributed by atoms with van der Waals surface area (Å²) in [5, 5.41) is 8.19. The lowest BCUT2D eigenvalue weighted by Crippen LogP contribution is -2.52. The molecule has 0 spiro atoms. The highest BCUT2D eigenvalue weighted by atomic mass is 32.2. The van der Waals surface area contributed by atoms with Crippen LogP contribution in [-0.2, 0) is 16.6 Å². The van der Waals surface area contributed by atoms with Crippen LogP contribution in [0.2, 0.25) is 0 Å². The van der Waals surface area contributed by atoms with Gasteiger partial charge in [-0.25, -0.2) is 13.4 Å². The molecule has 19 heavy (non-hydrogen) atoms. The third-order valence-corrected chi connectivity index (χ3v) is 4.59. The molecular formula is C10H20N6O2S. The van der Waals surface area contributed by atoms with E-state index >= 15 is 0 Å². The van der Waals surface area contributed by atoms with Crippen LogP contribution in [0.4, 0.5) is 0 Å². The number of H-pyrrole nitrogens is 1. The van der Waals surface area contributed by atoms with Gasteiger partial charge in [-0.05, 0) is 14.0 Å². The van der Waals surface area contributed by atoms with Crippen LogP contribution in [0, 0.1) is 6.92 Å². The fourth-order valence-corrected chi connectivity index (χ4v) is 3.34. The van der Waals surface area contributed by atoms with Crippen molar-refractivity contribution in [2.24, 2.45) is 5.73 Å². The summed E-state index contributed by atoms with van der Waals surface area (Å²) in [6.45, 7) is 4.84. The molecule has 0 saturated carbocycles. The average Bonchev–Trinajstić information content (AvgIpc) is 2.74. The van der Waals surface area contributed by atoms with Crippen molar-refractivity contribution in [1.82, 2.24) is 24.9 Å². The second-order valence-corrected chi connectivity index (χ2v) is 6.30. The summed E-state index contributed by atoms with van der Waals surface area (Å²) in [7, 11) is -1.65. The summed E-state index contributed by atoms with van der Waals surface area (Å²) in [4.78, 5) is 4.71. The van der Waals surface area contributed by atoms with E-state index in [0.717, 1.165) is 13.1 Å². The predicted octanol–water partition coefficient (Wildman–Crippen LogP) is -1.38. The number of aromatic nitrogens is 2. The molecule has 1 saturated heterocycles. The van der Waals surface area contributed by atoms with E-state index in [0.29, 0.717) is 24.3 Å². The van der Waals surface area contributed by atoms with E-state index in [1.54, 1.807) is 11.9 Å². The molecule has 9 heteroatoms. The van der Waals surface area contributed by atoms with Gasteiger partial charge in [-0.2, -0.15) is 5.10 Å². The van der Waals surface area contributed by atoms with Crippen LogP contribution in [0.25, 0.3) is 0 Å². The maximum atomic E-state index is 12.3. The Kier molecular flexibility index (Phi) is 4.21. The highest BCUT2D eigenvalue weighted by molar-refractivity contribution is 7.89. The van der Waals surface area contributed by atoms with Gasteiger partial charge in [0.05, 0.1) is 0 Å². The van der Waals surface area contributed by atoms with Crippen molar-refractivity contribution in [3.63, 3.8) is 0 Å². The molecule has 1 aliphatic rings. The Morgan fingerprint density at radius 1 is 1.37 bits per heavy atom. The molecule has 2 heterocycles. The predicted molar refractivity (Wildman–Crippen MR) is 70.6 cm³/mol. The number of sulfonamides is 1. The number of piperazine rings is 1. The van der Waals surface area contributed by atoms with Crippen molar-refractivity contribution in [2.75, 3.05) is 33.2 Å². The molecular weight excluding hydrogens is 268 g/mol. The number of aromatic amines is 1. The van der Waals surface area contributed by atoms with Crippen LogP contribution in [0.1, 0.15) is 11.3 Å². The highest BCUT2D eigenvalue weighted by Crippen LogP contribution is 2.15. The van der Waals surface area contributed by atoms with Gasteiger partial charge in [0.1, 0.15) is 0 Å². The lowest BCUT2D eigenvalue weighted by Gasteiger charge is -2.31. The standard InChI is InChI=1S/C10H20N6O2S/c1-8-9(7-11)10(13-12-8)19(17,18)14-16-5-3-15(2)4-6-16/h14H,3-7,11H2,1-2H3,(H,12,13). The smallest absolute Gasteiger partial charge is 0.273 e. The molecule has 4 N–H and O–H groups in total. The first-order valence-corrected chi connectivity index (χ1v) is 7.62. The van der Waals surface area contributed by atoms with E-state index in [1.807, 2.05) is 7.05 Å². The molecule has 8 nitrogen and oxygen atoms in total. The normalized spacial score (nSPS) is 18.9. The van der Waals surface area contributed by atoms with E-state index in [-0.39, 0.29) is 11.6 Å². The highest BCUT2D eigenvalue weighted by Gasteiger charge is 2.26. The number of hydrazine groups is 1. The van der Waals surface area contributed by atoms with Crippen LogP contribution in [0.3, 0.4) is 0 Å². The minimum absolute atomic E-state index is 0.00794. The van der Waals surface area contributed by atoms with E-state index < -0.39 is 10.0 Å². The summed E-state index contributed by atoms with van der Waals surface area (Å²) in [5.74, 6) is 0. The van der Waals surface area contributed by atoms with E-state index in [4.69, 9.17) is 5.73 Å². The van der Waals surface area contributed by atoms with Gasteiger partial charge < -0.3 is 10.6 Å². The molecule has 0 bridgehead atoms. The number of hydrogen-bond donors (Lipinski definition) is 3. The van der Waals surface area contributed by atoms with Crippen LogP contribution >= 0.6 is 0 Å². The first-order valence-electron chi connectivity index (χ1n) is 6.14. The van der Waals surface area contributed by atoms with Gasteiger partial charge in [0.2, 0.25) is 0 Å².